The van der Waals surface area contributed by atoms with E-state index in [0.29, 0.717) is 47.0 Å². The van der Waals surface area contributed by atoms with E-state index in [2.05, 4.69) is 54.3 Å². The van der Waals surface area contributed by atoms with Gasteiger partial charge in [-0.15, -0.1) is 20.4 Å². The molecule has 386 valence electrons. The molecular weight excluding hydrogens is 982 g/mol. The van der Waals surface area contributed by atoms with Crippen LogP contribution >= 0.6 is 0 Å². The minimum atomic E-state index is -4.92. The van der Waals surface area contributed by atoms with E-state index in [9.17, 15) is 18.5 Å². The Morgan fingerprint density at radius 2 is 1.49 bits per heavy atom. The smallest absolute Gasteiger partial charge is 0.355 e. The number of pyridine rings is 2. The molecule has 0 radical (unpaired) electrons. The van der Waals surface area contributed by atoms with Crippen molar-refractivity contribution in [2.45, 2.75) is 111 Å². The van der Waals surface area contributed by atoms with Crippen molar-refractivity contribution in [1.82, 2.24) is 53.5 Å². The first kappa shape index (κ1) is 47.6. The second kappa shape index (κ2) is 16.4. The first-order chi connectivity index (χ1) is 35.8. The van der Waals surface area contributed by atoms with Crippen LogP contribution in [0, 0.1) is 22.7 Å². The Morgan fingerprint density at radius 3 is 2.12 bits per heavy atom. The maximum Gasteiger partial charge on any atom is 0.418 e. The predicted octanol–water partition coefficient (Wildman–Crippen LogP) is 8.34. The summed E-state index contributed by atoms with van der Waals surface area (Å²) in [6, 6.07) is 15.3. The highest BCUT2D eigenvalue weighted by Crippen LogP contribution is 2.71. The van der Waals surface area contributed by atoms with Gasteiger partial charge in [-0.1, -0.05) is 31.5 Å². The number of aromatic amines is 2. The zero-order valence-electron chi connectivity index (χ0n) is 42.0. The van der Waals surface area contributed by atoms with Crippen LogP contribution in [0.5, 0.6) is 0 Å². The van der Waals surface area contributed by atoms with E-state index >= 15 is 18.0 Å². The van der Waals surface area contributed by atoms with Gasteiger partial charge in [-0.2, -0.15) is 18.4 Å². The van der Waals surface area contributed by atoms with E-state index in [-0.39, 0.29) is 44.4 Å². The first-order valence-electron chi connectivity index (χ1n) is 25.7. The lowest BCUT2D eigenvalue weighted by atomic mass is 9.55. The molecule has 2 unspecified atom stereocenters. The Hall–Kier alpha value is -7.11. The van der Waals surface area contributed by atoms with Gasteiger partial charge in [0.25, 0.3) is 11.1 Å². The van der Waals surface area contributed by atoms with Crippen LogP contribution in [-0.4, -0.2) is 81.3 Å². The zero-order chi connectivity index (χ0) is 52.1. The highest BCUT2D eigenvalue weighted by molar-refractivity contribution is 7.91. The molecule has 2 atom stereocenters. The van der Waals surface area contributed by atoms with E-state index in [4.69, 9.17) is 0 Å². The van der Waals surface area contributed by atoms with Crippen LogP contribution in [0.1, 0.15) is 134 Å². The van der Waals surface area contributed by atoms with Gasteiger partial charge >= 0.3 is 6.18 Å². The quantitative estimate of drug-likeness (QED) is 0.127. The number of nitriles is 1. The van der Waals surface area contributed by atoms with Gasteiger partial charge in [-0.3, -0.25) is 23.6 Å². The Kier molecular flexibility index (Phi) is 10.4. The van der Waals surface area contributed by atoms with E-state index in [1.165, 1.54) is 6.26 Å². The molecule has 4 aliphatic carbocycles. The fraction of sp³-hybridized carbons (Fsp3) is 0.436. The van der Waals surface area contributed by atoms with Crippen LogP contribution in [0.3, 0.4) is 0 Å². The number of sulfone groups is 1. The molecule has 5 fully saturated rings. The molecule has 0 amide bonds. The molecule has 2 N–H and O–H groups in total. The third-order valence-corrected chi connectivity index (χ3v) is 18.7. The molecule has 1 aliphatic heterocycles. The molecule has 1 saturated heterocycles. The molecule has 4 saturated carbocycles. The van der Waals surface area contributed by atoms with Crippen LogP contribution in [-0.2, 0) is 47.5 Å². The number of halogens is 3. The first-order valence-corrected chi connectivity index (χ1v) is 27.6. The average Bonchev–Trinajstić information content (AvgIpc) is 4.12. The Balaban J connectivity index is 1.01. The molecule has 20 heteroatoms. The number of nitrogens with zero attached hydrogens (tertiary/aromatic N) is 10. The number of hydrogen-bond donors (Lipinski definition) is 2. The Bertz CT molecular complexity index is 3960. The van der Waals surface area contributed by atoms with Crippen molar-refractivity contribution in [3.05, 3.63) is 145 Å². The van der Waals surface area contributed by atoms with Crippen LogP contribution in [0.25, 0.3) is 33.2 Å². The van der Waals surface area contributed by atoms with Crippen molar-refractivity contribution in [2.75, 3.05) is 19.3 Å². The Morgan fingerprint density at radius 1 is 0.827 bits per heavy atom. The summed E-state index contributed by atoms with van der Waals surface area (Å²) in [5, 5.41) is 27.3. The standard InChI is InChI=1S/C55H55F3N12O4S/c1-31-20-53(21-31,50-64-61-29-66(50)2)34-9-8-10-36(17-34)69-24-40(44-46(49(69)72)63-42(47(44)75(4,73)74)26-68-13-6-5-7-14-68)39-19-38(39)32-15-35(54(27-52(28-54)11-12-52)51-65-62-30-67(51)3)18-37(16-32)70-25-41(55(56,57)58)43-33(22-59)23-60-45(43)48(70)71/h8-10,15-18,23-25,29-31,38-39,60,63H,5-7,11-14,19-21,26-28H2,1-4H3. The SMILES string of the molecule is CC1CC(c2cccc(-n3cc(C4CC4c4cc(-n5cc(C(F)(F)F)c6c(C#N)c[nH]c6c5=O)cc(C5(c6nncn6C)CC6(CC6)C5)c4)c4c(S(C)(=O)=O)c(CN5CCCCC5)[nH]c4c3=O)c2)(c2nncn2C)C1. The predicted molar refractivity (Wildman–Crippen MR) is 273 cm³/mol. The second-order valence-electron chi connectivity index (χ2n) is 22.7. The van der Waals surface area contributed by atoms with Crippen molar-refractivity contribution in [3.8, 4) is 17.4 Å². The van der Waals surface area contributed by atoms with Gasteiger partial charge in [0.05, 0.1) is 26.9 Å². The van der Waals surface area contributed by atoms with Crippen LogP contribution in [0.2, 0.25) is 0 Å². The molecule has 5 aliphatic rings. The average molecular weight is 1040 g/mol. The second-order valence-corrected chi connectivity index (χ2v) is 24.7. The molecule has 0 bridgehead atoms. The number of piperidine rings is 1. The summed E-state index contributed by atoms with van der Waals surface area (Å²) < 4.78 is 80.2. The number of rotatable bonds is 11. The summed E-state index contributed by atoms with van der Waals surface area (Å²) >= 11 is 0. The number of fused-ring (bicyclic) bond motifs is 2. The number of benzene rings is 2. The lowest BCUT2D eigenvalue weighted by Gasteiger charge is -2.48. The fourth-order valence-corrected chi connectivity index (χ4v) is 15.1. The van der Waals surface area contributed by atoms with Gasteiger partial charge in [0.15, 0.2) is 9.84 Å². The van der Waals surface area contributed by atoms with E-state index in [1.54, 1.807) is 41.6 Å². The van der Waals surface area contributed by atoms with Crippen LogP contribution in [0.4, 0.5) is 13.2 Å². The third-order valence-electron chi connectivity index (χ3n) is 17.5. The van der Waals surface area contributed by atoms with Gasteiger partial charge in [0, 0.05) is 73.3 Å². The minimum absolute atomic E-state index is 0.0912. The van der Waals surface area contributed by atoms with Gasteiger partial charge in [-0.25, -0.2) is 8.42 Å². The lowest BCUT2D eigenvalue weighted by molar-refractivity contribution is -0.136. The molecule has 7 heterocycles. The third kappa shape index (κ3) is 7.42. The van der Waals surface area contributed by atoms with Gasteiger partial charge in [0.1, 0.15) is 41.4 Å². The maximum absolute atomic E-state index is 15.2. The summed E-state index contributed by atoms with van der Waals surface area (Å²) in [7, 11) is -0.153. The normalized spacial score (nSPS) is 23.1. The summed E-state index contributed by atoms with van der Waals surface area (Å²) in [5.41, 5.74) is 0.633. The summed E-state index contributed by atoms with van der Waals surface area (Å²) in [4.78, 5) is 38.1. The molecule has 1 spiro atoms. The highest BCUT2D eigenvalue weighted by atomic mass is 32.2. The molecule has 2 aromatic carbocycles. The van der Waals surface area contributed by atoms with Crippen molar-refractivity contribution in [3.63, 3.8) is 0 Å². The number of likely N-dealkylation sites (tertiary alicyclic amines) is 1. The van der Waals surface area contributed by atoms with Crippen molar-refractivity contribution in [1.29, 1.82) is 5.26 Å². The van der Waals surface area contributed by atoms with Crippen LogP contribution in [0.15, 0.2) is 88.2 Å². The summed E-state index contributed by atoms with van der Waals surface area (Å²) in [5.74, 6) is 1.28. The maximum atomic E-state index is 15.2. The van der Waals surface area contributed by atoms with Crippen molar-refractivity contribution < 1.29 is 21.6 Å². The molecule has 75 heavy (non-hydrogen) atoms. The van der Waals surface area contributed by atoms with E-state index in [0.717, 1.165) is 110 Å². The Labute approximate surface area is 429 Å². The molecule has 6 aromatic heterocycles. The van der Waals surface area contributed by atoms with E-state index < -0.39 is 48.9 Å². The van der Waals surface area contributed by atoms with Gasteiger partial charge < -0.3 is 19.1 Å². The molecule has 8 aromatic rings. The monoisotopic (exact) mass is 1040 g/mol. The van der Waals surface area contributed by atoms with E-state index in [1.807, 2.05) is 41.4 Å². The number of alkyl halides is 3. The number of H-pyrrole nitrogens is 2. The molecule has 13 rings (SSSR count). The van der Waals surface area contributed by atoms with Crippen LogP contribution < -0.4 is 11.1 Å². The van der Waals surface area contributed by atoms with Crippen molar-refractivity contribution in [2.24, 2.45) is 25.4 Å². The van der Waals surface area contributed by atoms with Gasteiger partial charge in [-0.05, 0) is 141 Å². The highest BCUT2D eigenvalue weighted by Gasteiger charge is 2.64. The number of hydrogen-bond acceptors (Lipinski definition) is 10. The zero-order valence-corrected chi connectivity index (χ0v) is 42.8. The summed E-state index contributed by atoms with van der Waals surface area (Å²) in [6.45, 7) is 4.09. The number of aromatic nitrogens is 10. The largest absolute Gasteiger partial charge is 0.418 e. The number of nitrogens with one attached hydrogen (secondary N) is 2. The molecule has 16 nitrogen and oxygen atoms in total. The summed E-state index contributed by atoms with van der Waals surface area (Å²) in [6.07, 6.45) is 12.1. The fourth-order valence-electron chi connectivity index (χ4n) is 13.9. The topological polar surface area (TPSA) is 198 Å². The van der Waals surface area contributed by atoms with Gasteiger partial charge in [0.2, 0.25) is 0 Å². The molecular formula is C55H55F3N12O4S. The lowest BCUT2D eigenvalue weighted by Crippen LogP contribution is -2.45. The van der Waals surface area contributed by atoms with Crippen molar-refractivity contribution >= 4 is 31.6 Å². The minimum Gasteiger partial charge on any atom is -0.355 e. The number of aryl methyl sites for hydroxylation is 2.